The zero-order valence-electron chi connectivity index (χ0n) is 53.5. The van der Waals surface area contributed by atoms with Gasteiger partial charge in [0.2, 0.25) is 0 Å². The molecule has 7 rings (SSSR count). The number of carbonyl (C=O) groups is 5. The molecular formula is C69H77AgBBr2KN2O12SSi2. The van der Waals surface area contributed by atoms with Gasteiger partial charge in [0.1, 0.15) is 16.1 Å². The molecule has 0 heterocycles. The Hall–Kier alpha value is -5.60. The number of hydrogen-bond donors (Lipinski definition) is 5. The van der Waals surface area contributed by atoms with Crippen molar-refractivity contribution in [1.82, 2.24) is 0 Å². The van der Waals surface area contributed by atoms with Crippen LogP contribution in [0.5, 0.6) is 0 Å². The fraction of sp³-hybridized carbons (Fsp3) is 0.290. The van der Waals surface area contributed by atoms with Crippen LogP contribution in [0.25, 0.3) is 0 Å². The smallest absolute Gasteiger partial charge is 0.870 e. The monoisotopic (exact) mass is 1530 g/mol. The summed E-state index contributed by atoms with van der Waals surface area (Å²) in [6, 6.07) is 36.1. The fourth-order valence-corrected chi connectivity index (χ4v) is 6.69. The summed E-state index contributed by atoms with van der Waals surface area (Å²) in [4.78, 5) is 65.5. The molecule has 2 saturated carbocycles. The zero-order chi connectivity index (χ0) is 68.0. The summed E-state index contributed by atoms with van der Waals surface area (Å²) in [6.45, 7) is 21.3. The maximum absolute atomic E-state index is 11.1. The van der Waals surface area contributed by atoms with Crippen molar-refractivity contribution in [3.63, 3.8) is 0 Å². The molecule has 0 aromatic heterocycles. The van der Waals surface area contributed by atoms with Gasteiger partial charge >= 0.3 is 76.1 Å². The van der Waals surface area contributed by atoms with Crippen LogP contribution in [0.4, 0.5) is 0 Å². The minimum Gasteiger partial charge on any atom is -0.870 e. The normalized spacial score (nSPS) is 12.9. The second-order valence-electron chi connectivity index (χ2n) is 20.5. The second-order valence-corrected chi connectivity index (χ2v) is 31.5. The van der Waals surface area contributed by atoms with E-state index in [2.05, 4.69) is 159 Å². The average Bonchev–Trinajstić information content (AvgIpc) is 2.91. The largest absolute Gasteiger partial charge is 1.00 e. The van der Waals surface area contributed by atoms with Crippen molar-refractivity contribution in [3.8, 4) is 82.6 Å². The third-order valence-electron chi connectivity index (χ3n) is 10.8. The molecule has 2 unspecified atom stereocenters. The van der Waals surface area contributed by atoms with Gasteiger partial charge in [0, 0.05) is 125 Å². The molecule has 4 atom stereocenters. The van der Waals surface area contributed by atoms with Crippen LogP contribution in [0.1, 0.15) is 122 Å². The van der Waals surface area contributed by atoms with E-state index in [0.29, 0.717) is 34.8 Å². The number of aliphatic hydroxyl groups excluding tert-OH is 3. The number of nitrogens with zero attached hydrogens (tertiary/aromatic N) is 2. The van der Waals surface area contributed by atoms with Crippen LogP contribution in [-0.2, 0) is 22.4 Å². The number of terminal acetylenes is 3. The number of hydrogen-bond acceptors (Lipinski definition) is 13. The van der Waals surface area contributed by atoms with Gasteiger partial charge in [-0.2, -0.15) is 0 Å². The first-order chi connectivity index (χ1) is 41.3. The van der Waals surface area contributed by atoms with Gasteiger partial charge in [-0.3, -0.25) is 24.0 Å². The van der Waals surface area contributed by atoms with Crippen LogP contribution in [-0.4, -0.2) is 104 Å². The molecule has 22 heteroatoms. The zero-order valence-corrected chi connectivity index (χ0v) is 64.2. The van der Waals surface area contributed by atoms with Crippen molar-refractivity contribution >= 4 is 97.4 Å². The van der Waals surface area contributed by atoms with E-state index < -0.39 is 21.2 Å². The summed E-state index contributed by atoms with van der Waals surface area (Å²) < 4.78 is 3.69. The number of ketones is 5. The molecule has 0 bridgehead atoms. The third kappa shape index (κ3) is 53.6. The van der Waals surface area contributed by atoms with Gasteiger partial charge in [-0.05, 0) is 137 Å². The van der Waals surface area contributed by atoms with Crippen molar-refractivity contribution in [3.05, 3.63) is 186 Å². The Morgan fingerprint density at radius 3 is 1.10 bits per heavy atom. The number of benzene rings is 5. The summed E-state index contributed by atoms with van der Waals surface area (Å²) >= 11 is 9.48. The molecule has 0 saturated heterocycles. The maximum Gasteiger partial charge on any atom is 1.00 e. The first kappa shape index (κ1) is 96.5. The standard InChI is InChI=1S/C16H14O2.C13H16OSi.C10H7BrO.C10H8O.C8H7BrO.C6H8O.C5H10Si.CH4O.Ag.BHNS.K.HNO3.H2O/c1-12(18)14-8-6-13(7-9-14)4-2-3-5-15-10-16(15)11-17;1-11(14)13-7-5-12(6-8-13)9-10-15(2,3)4;1-8(12)10-4-2-9(3-5-10)6-7-11;1-3-9-4-6-10(7-5-9)8(2)11;1-6(10)7-2-4-8(9)5-3-7;1-2-5-3-6(5)4-7;1-5-6(2,3)4;1-2;;1-2-3;;2-1(3)4;/h6-9,15-17H,10-11H2,1H3;5-8H,1-4H3;2-5H,1H3;1,4-7H,2H3;2-5H,1H3;1,5-7H,3-4H2;1H,2-4H3;2H,1H3;;3H;;(H,2,3,4);1H2/q;;;;;;;;;;+1;;/p-1/t15?,16-;;;;;5-,6?;;;;;;;/m1....0......./s1. The number of Topliss-reactive ketones (excluding diaryl/α,β-unsaturated/α-hetero) is 5. The van der Waals surface area contributed by atoms with E-state index in [-0.39, 0.29) is 121 Å². The Labute approximate surface area is 622 Å². The minimum atomic E-state index is -1.50. The van der Waals surface area contributed by atoms with Gasteiger partial charge < -0.3 is 26.0 Å². The molecule has 2 aliphatic rings. The van der Waals surface area contributed by atoms with E-state index in [1.165, 1.54) is 6.92 Å². The fourth-order valence-electron chi connectivity index (χ4n) is 5.68. The van der Waals surface area contributed by atoms with E-state index in [1.54, 1.807) is 88.4 Å². The summed E-state index contributed by atoms with van der Waals surface area (Å²) in [7, 11) is 2.93. The van der Waals surface area contributed by atoms with Crippen LogP contribution in [0.2, 0.25) is 39.3 Å². The summed E-state index contributed by atoms with van der Waals surface area (Å²) in [5.74, 6) is 24.5. The molecule has 5 aromatic rings. The molecular weight excluding hydrogens is 1450 g/mol. The van der Waals surface area contributed by atoms with Gasteiger partial charge in [-0.15, -0.1) is 46.4 Å². The predicted molar refractivity (Wildman–Crippen MR) is 373 cm³/mol. The summed E-state index contributed by atoms with van der Waals surface area (Å²) in [5.41, 5.74) is 13.2. The first-order valence-electron chi connectivity index (χ1n) is 26.7. The Kier molecular flexibility index (Phi) is 59.4. The summed E-state index contributed by atoms with van der Waals surface area (Å²) in [6.07, 6.45) is 17.3. The van der Waals surface area contributed by atoms with E-state index in [1.807, 2.05) is 60.7 Å². The van der Waals surface area contributed by atoms with Crippen LogP contribution < -0.4 is 51.4 Å². The molecule has 0 amide bonds. The Balaban J connectivity index is -0.000000230. The molecule has 0 aliphatic heterocycles. The molecule has 2 radical (unpaired) electrons. The van der Waals surface area contributed by atoms with Crippen molar-refractivity contribution < 1.29 is 129 Å². The van der Waals surface area contributed by atoms with Crippen LogP contribution in [0.3, 0.4) is 0 Å². The molecule has 0 spiro atoms. The first-order valence-corrected chi connectivity index (χ1v) is 35.7. The third-order valence-corrected chi connectivity index (χ3v) is 13.3. The number of carbonyl (C=O) groups excluding carboxylic acids is 5. The summed E-state index contributed by atoms with van der Waals surface area (Å²) in [5, 5.41) is 37.9. The predicted octanol–water partition coefficient (Wildman–Crippen LogP) is 10.1. The Morgan fingerprint density at radius 2 is 0.868 bits per heavy atom. The van der Waals surface area contributed by atoms with Crippen LogP contribution in [0, 0.1) is 116 Å². The van der Waals surface area contributed by atoms with Crippen LogP contribution >= 0.6 is 44.7 Å². The van der Waals surface area contributed by atoms with Crippen molar-refractivity contribution in [2.24, 2.45) is 28.0 Å². The molecule has 478 valence electrons. The topological polar surface area (TPSA) is 252 Å². The van der Waals surface area contributed by atoms with Gasteiger partial charge in [-0.1, -0.05) is 145 Å². The average molecular weight is 1530 g/mol. The van der Waals surface area contributed by atoms with E-state index in [9.17, 15) is 24.0 Å². The van der Waals surface area contributed by atoms with E-state index in [0.717, 1.165) is 63.4 Å². The quantitative estimate of drug-likeness (QED) is 0.0255. The second kappa shape index (κ2) is 56.0. The Morgan fingerprint density at radius 1 is 0.593 bits per heavy atom. The van der Waals surface area contributed by atoms with Gasteiger partial charge in [0.25, 0.3) is 5.09 Å². The Bertz CT molecular complexity index is 3420. The number of thiol groups is 1. The van der Waals surface area contributed by atoms with Crippen molar-refractivity contribution in [1.29, 1.82) is 0 Å². The van der Waals surface area contributed by atoms with Crippen LogP contribution in [0.15, 0.2) is 130 Å². The molecule has 5 N–H and O–H groups in total. The van der Waals surface area contributed by atoms with Gasteiger partial charge in [0.05, 0.1) is 0 Å². The number of rotatable bonds is 7. The van der Waals surface area contributed by atoms with E-state index >= 15 is 0 Å². The minimum absolute atomic E-state index is 0. The van der Waals surface area contributed by atoms with Gasteiger partial charge in [0.15, 0.2) is 28.9 Å². The molecule has 14 nitrogen and oxygen atoms in total. The van der Waals surface area contributed by atoms with Crippen molar-refractivity contribution in [2.45, 2.75) is 86.7 Å². The van der Waals surface area contributed by atoms with Crippen molar-refractivity contribution in [2.75, 3.05) is 20.3 Å². The molecule has 2 fully saturated rings. The molecule has 5 aromatic carbocycles. The SMILES string of the molecule is C#C[C@H]1CC1CO.C#C[Si](C)(C)C.C#Cc1ccc(C(C)=O)cc1.CC(=O)c1ccc(Br)cc1.CC(=O)c1ccc(C#CBr)cc1.CC(=O)c1ccc(C#CC#CC2C[C@@H]2CO)cc1.CC(=O)c1ccc(C#C[Si](C)(C)C)cc1.CO.O=[N+]([O-])O.[Ag].[B]=NS.[K+].[OH-]. The molecule has 91 heavy (non-hydrogen) atoms. The van der Waals surface area contributed by atoms with E-state index in [4.69, 9.17) is 49.9 Å². The number of aliphatic hydroxyl groups is 3. The van der Waals surface area contributed by atoms with Gasteiger partial charge in [-0.25, -0.2) is 0 Å². The number of halogens is 2. The maximum atomic E-state index is 11.1. The molecule has 2 aliphatic carbocycles.